The summed E-state index contributed by atoms with van der Waals surface area (Å²) in [6, 6.07) is 8.31. The lowest BCUT2D eigenvalue weighted by molar-refractivity contribution is 0.275. The molecule has 1 heterocycles. The Balaban J connectivity index is 2.10. The number of para-hydroxylation sites is 1. The summed E-state index contributed by atoms with van der Waals surface area (Å²) in [4.78, 5) is 1.28. The second-order valence-corrected chi connectivity index (χ2v) is 6.83. The third-order valence-corrected chi connectivity index (χ3v) is 5.09. The Kier molecular flexibility index (Phi) is 3.52. The van der Waals surface area contributed by atoms with E-state index in [0.29, 0.717) is 0 Å². The van der Waals surface area contributed by atoms with Gasteiger partial charge in [0.05, 0.1) is 9.64 Å². The molecule has 0 saturated carbocycles. The lowest BCUT2D eigenvalue weighted by Gasteiger charge is -2.33. The second kappa shape index (κ2) is 4.71. The molecule has 1 nitrogen and oxygen atoms in total. The van der Waals surface area contributed by atoms with E-state index in [9.17, 15) is 0 Å². The predicted molar refractivity (Wildman–Crippen MR) is 69.2 cm³/mol. The molecule has 1 aromatic carbocycles. The van der Waals surface area contributed by atoms with Gasteiger partial charge in [0.25, 0.3) is 0 Å². The van der Waals surface area contributed by atoms with E-state index in [1.54, 1.807) is 0 Å². The molecule has 0 radical (unpaired) electrons. The van der Waals surface area contributed by atoms with Crippen molar-refractivity contribution in [1.82, 2.24) is 0 Å². The fraction of sp³-hybridized carbons (Fsp3) is 0.500. The van der Waals surface area contributed by atoms with Gasteiger partial charge in [-0.2, -0.15) is 11.8 Å². The Bertz CT molecular complexity index is 340. The van der Waals surface area contributed by atoms with Crippen molar-refractivity contribution >= 4 is 23.5 Å². The van der Waals surface area contributed by atoms with Crippen molar-refractivity contribution in [1.29, 1.82) is 0 Å². The summed E-state index contributed by atoms with van der Waals surface area (Å²) >= 11 is 3.94. The van der Waals surface area contributed by atoms with Gasteiger partial charge in [-0.25, -0.2) is 0 Å². The van der Waals surface area contributed by atoms with Gasteiger partial charge in [0.1, 0.15) is 12.4 Å². The van der Waals surface area contributed by atoms with Crippen molar-refractivity contribution in [2.24, 2.45) is 0 Å². The molecule has 0 saturated heterocycles. The van der Waals surface area contributed by atoms with Gasteiger partial charge in [0, 0.05) is 5.75 Å². The van der Waals surface area contributed by atoms with E-state index in [4.69, 9.17) is 4.74 Å². The van der Waals surface area contributed by atoms with Crippen molar-refractivity contribution in [2.45, 2.75) is 23.5 Å². The summed E-state index contributed by atoms with van der Waals surface area (Å²) < 4.78 is 6.03. The van der Waals surface area contributed by atoms with E-state index in [-0.39, 0.29) is 4.75 Å². The minimum absolute atomic E-state index is 0.231. The first-order chi connectivity index (χ1) is 7.23. The van der Waals surface area contributed by atoms with Crippen LogP contribution in [0.25, 0.3) is 0 Å². The normalized spacial score (nSPS) is 24.4. The molecule has 0 bridgehead atoms. The number of hydrogen-bond donors (Lipinski definition) is 0. The number of benzene rings is 1. The van der Waals surface area contributed by atoms with Gasteiger partial charge < -0.3 is 4.74 Å². The molecule has 1 atom stereocenters. The molecule has 1 aliphatic rings. The zero-order valence-corrected chi connectivity index (χ0v) is 10.8. The number of thioether (sulfide) groups is 2. The summed E-state index contributed by atoms with van der Waals surface area (Å²) in [7, 11) is 0. The van der Waals surface area contributed by atoms with Crippen LogP contribution in [0.2, 0.25) is 0 Å². The molecule has 0 aromatic heterocycles. The van der Waals surface area contributed by atoms with Gasteiger partial charge in [0.15, 0.2) is 0 Å². The average Bonchev–Trinajstić information content (AvgIpc) is 2.26. The Morgan fingerprint density at radius 2 is 2.27 bits per heavy atom. The maximum atomic E-state index is 5.80. The van der Waals surface area contributed by atoms with Gasteiger partial charge >= 0.3 is 0 Å². The quantitative estimate of drug-likeness (QED) is 0.797. The average molecular weight is 240 g/mol. The zero-order valence-electron chi connectivity index (χ0n) is 9.16. The minimum atomic E-state index is 0.231. The van der Waals surface area contributed by atoms with Gasteiger partial charge in [-0.15, -0.1) is 11.8 Å². The first-order valence-electron chi connectivity index (χ1n) is 5.22. The number of rotatable bonds is 3. The highest BCUT2D eigenvalue weighted by Gasteiger charge is 2.31. The van der Waals surface area contributed by atoms with Crippen LogP contribution >= 0.6 is 23.5 Å². The van der Waals surface area contributed by atoms with Crippen LogP contribution in [-0.2, 0) is 0 Å². The number of fused-ring (bicyclic) bond motifs is 1. The lowest BCUT2D eigenvalue weighted by atomic mass is 10.2. The summed E-state index contributed by atoms with van der Waals surface area (Å²) in [5.41, 5.74) is 0. The van der Waals surface area contributed by atoms with Crippen LogP contribution in [0.5, 0.6) is 5.75 Å². The molecule has 1 unspecified atom stereocenters. The molecule has 2 rings (SSSR count). The van der Waals surface area contributed by atoms with Crippen molar-refractivity contribution in [3.8, 4) is 5.75 Å². The molecule has 1 aromatic rings. The van der Waals surface area contributed by atoms with Gasteiger partial charge in [-0.1, -0.05) is 19.1 Å². The Morgan fingerprint density at radius 3 is 3.07 bits per heavy atom. The highest BCUT2D eigenvalue weighted by atomic mass is 32.2. The fourth-order valence-corrected chi connectivity index (χ4v) is 3.80. The third kappa shape index (κ3) is 2.64. The van der Waals surface area contributed by atoms with Crippen LogP contribution in [0.4, 0.5) is 0 Å². The topological polar surface area (TPSA) is 9.23 Å². The van der Waals surface area contributed by atoms with Crippen LogP contribution in [0.3, 0.4) is 0 Å². The smallest absolute Gasteiger partial charge is 0.132 e. The van der Waals surface area contributed by atoms with Crippen LogP contribution in [0, 0.1) is 0 Å². The monoisotopic (exact) mass is 240 g/mol. The van der Waals surface area contributed by atoms with Crippen LogP contribution < -0.4 is 4.74 Å². The minimum Gasteiger partial charge on any atom is -0.491 e. The van der Waals surface area contributed by atoms with Gasteiger partial charge in [-0.3, -0.25) is 0 Å². The molecule has 0 amide bonds. The SMILES string of the molecule is CCSCC1(C)COc2ccccc2S1. The maximum absolute atomic E-state index is 5.80. The van der Waals surface area contributed by atoms with E-state index >= 15 is 0 Å². The summed E-state index contributed by atoms with van der Waals surface area (Å²) in [5, 5.41) is 0. The molecular weight excluding hydrogens is 224 g/mol. The molecule has 15 heavy (non-hydrogen) atoms. The fourth-order valence-electron chi connectivity index (χ4n) is 1.57. The van der Waals surface area contributed by atoms with Crippen LogP contribution in [-0.4, -0.2) is 22.9 Å². The summed E-state index contributed by atoms with van der Waals surface area (Å²) in [6.45, 7) is 5.31. The van der Waals surface area contributed by atoms with Crippen molar-refractivity contribution in [3.63, 3.8) is 0 Å². The number of hydrogen-bond acceptors (Lipinski definition) is 3. The molecule has 82 valence electrons. The van der Waals surface area contributed by atoms with E-state index in [0.717, 1.165) is 18.1 Å². The first-order valence-corrected chi connectivity index (χ1v) is 7.19. The lowest BCUT2D eigenvalue weighted by Crippen LogP contribution is -2.34. The van der Waals surface area contributed by atoms with E-state index < -0.39 is 0 Å². The Morgan fingerprint density at radius 1 is 1.47 bits per heavy atom. The molecule has 0 fully saturated rings. The predicted octanol–water partition coefficient (Wildman–Crippen LogP) is 3.68. The van der Waals surface area contributed by atoms with E-state index in [2.05, 4.69) is 32.0 Å². The number of ether oxygens (including phenoxy) is 1. The molecule has 0 spiro atoms. The van der Waals surface area contributed by atoms with Crippen molar-refractivity contribution < 1.29 is 4.74 Å². The molecule has 0 aliphatic carbocycles. The highest BCUT2D eigenvalue weighted by Crippen LogP contribution is 2.44. The molecule has 3 heteroatoms. The summed E-state index contributed by atoms with van der Waals surface area (Å²) in [6.07, 6.45) is 0. The van der Waals surface area contributed by atoms with Gasteiger partial charge in [0.2, 0.25) is 0 Å². The van der Waals surface area contributed by atoms with Crippen LogP contribution in [0.1, 0.15) is 13.8 Å². The van der Waals surface area contributed by atoms with Gasteiger partial charge in [-0.05, 0) is 24.8 Å². The summed E-state index contributed by atoms with van der Waals surface area (Å²) in [5.74, 6) is 3.38. The van der Waals surface area contributed by atoms with Crippen molar-refractivity contribution in [2.75, 3.05) is 18.1 Å². The zero-order chi connectivity index (χ0) is 10.7. The largest absolute Gasteiger partial charge is 0.491 e. The third-order valence-electron chi connectivity index (χ3n) is 2.35. The Labute approximate surface area is 100.0 Å². The molecule has 0 N–H and O–H groups in total. The first kappa shape index (κ1) is 11.2. The second-order valence-electron chi connectivity index (χ2n) is 3.92. The molecule has 1 aliphatic heterocycles. The molecular formula is C12H16OS2. The van der Waals surface area contributed by atoms with Crippen molar-refractivity contribution in [3.05, 3.63) is 24.3 Å². The Hall–Kier alpha value is -0.280. The van der Waals surface area contributed by atoms with E-state index in [1.165, 1.54) is 10.6 Å². The van der Waals surface area contributed by atoms with Crippen LogP contribution in [0.15, 0.2) is 29.2 Å². The van der Waals surface area contributed by atoms with E-state index in [1.807, 2.05) is 29.6 Å². The maximum Gasteiger partial charge on any atom is 0.132 e. The standard InChI is InChI=1S/C12H16OS2/c1-3-14-9-12(2)8-13-10-6-4-5-7-11(10)15-12/h4-7H,3,8-9H2,1-2H3. The highest BCUT2D eigenvalue weighted by molar-refractivity contribution is 8.04.